The van der Waals surface area contributed by atoms with E-state index in [4.69, 9.17) is 11.6 Å². The minimum absolute atomic E-state index is 0.363. The second-order valence-electron chi connectivity index (χ2n) is 6.86. The number of halogens is 1. The zero-order chi connectivity index (χ0) is 18.1. The van der Waals surface area contributed by atoms with E-state index < -0.39 is 0 Å². The monoisotopic (exact) mass is 386 g/mol. The van der Waals surface area contributed by atoms with Crippen molar-refractivity contribution in [3.05, 3.63) is 59.1 Å². The molecule has 0 bridgehead atoms. The SMILES string of the molecule is CC(O)N1CCN(Cc2c(-c3ccccc3)sc3ccc(Cl)cc23)CC1. The lowest BCUT2D eigenvalue weighted by atomic mass is 10.0. The Bertz CT molecular complexity index is 886. The highest BCUT2D eigenvalue weighted by molar-refractivity contribution is 7.22. The number of nitrogens with zero attached hydrogens (tertiary/aromatic N) is 2. The molecule has 3 nitrogen and oxygen atoms in total. The normalized spacial score (nSPS) is 17.7. The van der Waals surface area contributed by atoms with Crippen molar-refractivity contribution in [3.63, 3.8) is 0 Å². The summed E-state index contributed by atoms with van der Waals surface area (Å²) in [5.74, 6) is 0. The molecule has 5 heteroatoms. The molecule has 0 radical (unpaired) electrons. The molecule has 0 amide bonds. The number of rotatable bonds is 4. The standard InChI is InChI=1S/C21H23ClN2OS/c1-15(25)24-11-9-23(10-12-24)14-19-18-13-17(22)7-8-20(18)26-21(19)16-5-3-2-4-6-16/h2-8,13,15,25H,9-12,14H2,1H3. The maximum absolute atomic E-state index is 9.78. The first-order chi connectivity index (χ1) is 12.6. The van der Waals surface area contributed by atoms with Gasteiger partial charge >= 0.3 is 0 Å². The van der Waals surface area contributed by atoms with Crippen LogP contribution >= 0.6 is 22.9 Å². The van der Waals surface area contributed by atoms with E-state index in [1.54, 1.807) is 0 Å². The van der Waals surface area contributed by atoms with Gasteiger partial charge < -0.3 is 5.11 Å². The first-order valence-corrected chi connectivity index (χ1v) is 10.2. The Balaban J connectivity index is 1.68. The number of aliphatic hydroxyl groups excluding tert-OH is 1. The molecule has 0 saturated carbocycles. The Labute approximate surface area is 163 Å². The molecule has 136 valence electrons. The lowest BCUT2D eigenvalue weighted by Crippen LogP contribution is -2.49. The summed E-state index contributed by atoms with van der Waals surface area (Å²) in [7, 11) is 0. The lowest BCUT2D eigenvalue weighted by Gasteiger charge is -2.36. The van der Waals surface area contributed by atoms with Crippen LogP contribution in [-0.2, 0) is 6.54 Å². The summed E-state index contributed by atoms with van der Waals surface area (Å²) in [6, 6.07) is 16.8. The Morgan fingerprint density at radius 2 is 1.81 bits per heavy atom. The second-order valence-corrected chi connectivity index (χ2v) is 8.35. The van der Waals surface area contributed by atoms with Crippen molar-refractivity contribution >= 4 is 33.0 Å². The second kappa shape index (κ2) is 7.67. The van der Waals surface area contributed by atoms with Crippen LogP contribution in [0.2, 0.25) is 5.02 Å². The predicted octanol–water partition coefficient (Wildman–Crippen LogP) is 4.68. The van der Waals surface area contributed by atoms with Crippen LogP contribution in [0.5, 0.6) is 0 Å². The maximum atomic E-state index is 9.78. The quantitative estimate of drug-likeness (QED) is 0.705. The van der Waals surface area contributed by atoms with Crippen LogP contribution in [0.3, 0.4) is 0 Å². The fourth-order valence-electron chi connectivity index (χ4n) is 3.62. The van der Waals surface area contributed by atoms with Crippen molar-refractivity contribution < 1.29 is 5.11 Å². The van der Waals surface area contributed by atoms with E-state index >= 15 is 0 Å². The van der Waals surface area contributed by atoms with Gasteiger partial charge in [-0.15, -0.1) is 11.3 Å². The fourth-order valence-corrected chi connectivity index (χ4v) is 4.99. The number of fused-ring (bicyclic) bond motifs is 1. The molecule has 1 aromatic heterocycles. The van der Waals surface area contributed by atoms with Crippen molar-refractivity contribution in [3.8, 4) is 10.4 Å². The number of aliphatic hydroxyl groups is 1. The molecule has 1 aliphatic heterocycles. The molecule has 4 rings (SSSR count). The Morgan fingerprint density at radius 3 is 2.50 bits per heavy atom. The van der Waals surface area contributed by atoms with Gasteiger partial charge in [0.1, 0.15) is 6.23 Å². The molecule has 0 spiro atoms. The molecule has 2 heterocycles. The average molecular weight is 387 g/mol. The smallest absolute Gasteiger partial charge is 0.104 e. The molecule has 3 aromatic rings. The van der Waals surface area contributed by atoms with Crippen molar-refractivity contribution in [1.29, 1.82) is 0 Å². The van der Waals surface area contributed by atoms with Crippen molar-refractivity contribution in [1.82, 2.24) is 9.80 Å². The number of piperazine rings is 1. The van der Waals surface area contributed by atoms with Gasteiger partial charge in [-0.3, -0.25) is 9.80 Å². The number of hydrogen-bond acceptors (Lipinski definition) is 4. The number of hydrogen-bond donors (Lipinski definition) is 1. The third-order valence-electron chi connectivity index (χ3n) is 5.11. The number of benzene rings is 2. The largest absolute Gasteiger partial charge is 0.379 e. The fraction of sp³-hybridized carbons (Fsp3) is 0.333. The number of thiophene rings is 1. The summed E-state index contributed by atoms with van der Waals surface area (Å²) < 4.78 is 1.28. The van der Waals surface area contributed by atoms with Crippen LogP contribution in [0, 0.1) is 0 Å². The highest BCUT2D eigenvalue weighted by Gasteiger charge is 2.22. The van der Waals surface area contributed by atoms with Crippen LogP contribution < -0.4 is 0 Å². The van der Waals surface area contributed by atoms with E-state index in [2.05, 4.69) is 52.3 Å². The third kappa shape index (κ3) is 3.66. The first kappa shape index (κ1) is 18.0. The minimum atomic E-state index is -0.363. The van der Waals surface area contributed by atoms with Gasteiger partial charge in [0, 0.05) is 47.3 Å². The third-order valence-corrected chi connectivity index (χ3v) is 6.60. The topological polar surface area (TPSA) is 26.7 Å². The summed E-state index contributed by atoms with van der Waals surface area (Å²) >= 11 is 8.14. The average Bonchev–Trinajstić information content (AvgIpc) is 3.01. The molecule has 1 saturated heterocycles. The van der Waals surface area contributed by atoms with Crippen molar-refractivity contribution in [2.24, 2.45) is 0 Å². The molecule has 1 fully saturated rings. The van der Waals surface area contributed by atoms with Crippen LogP contribution in [0.4, 0.5) is 0 Å². The molecular formula is C21H23ClN2OS. The van der Waals surface area contributed by atoms with E-state index in [0.29, 0.717) is 0 Å². The van der Waals surface area contributed by atoms with Crippen molar-refractivity contribution in [2.45, 2.75) is 19.7 Å². The first-order valence-electron chi connectivity index (χ1n) is 9.02. The minimum Gasteiger partial charge on any atom is -0.379 e. The predicted molar refractivity (Wildman–Crippen MR) is 111 cm³/mol. The van der Waals surface area contributed by atoms with Gasteiger partial charge in [0.15, 0.2) is 0 Å². The van der Waals surface area contributed by atoms with E-state index in [1.807, 2.05) is 24.3 Å². The van der Waals surface area contributed by atoms with E-state index in [-0.39, 0.29) is 6.23 Å². The van der Waals surface area contributed by atoms with Gasteiger partial charge in [0.25, 0.3) is 0 Å². The van der Waals surface area contributed by atoms with Gasteiger partial charge in [-0.05, 0) is 41.6 Å². The highest BCUT2D eigenvalue weighted by Crippen LogP contribution is 2.40. The van der Waals surface area contributed by atoms with Gasteiger partial charge in [-0.1, -0.05) is 41.9 Å². The van der Waals surface area contributed by atoms with Gasteiger partial charge in [0.2, 0.25) is 0 Å². The zero-order valence-electron chi connectivity index (χ0n) is 14.9. The summed E-state index contributed by atoms with van der Waals surface area (Å²) in [6.45, 7) is 6.51. The van der Waals surface area contributed by atoms with Gasteiger partial charge in [-0.25, -0.2) is 0 Å². The molecule has 2 aromatic carbocycles. The summed E-state index contributed by atoms with van der Waals surface area (Å²) in [6.07, 6.45) is -0.363. The molecule has 0 aliphatic carbocycles. The molecular weight excluding hydrogens is 364 g/mol. The molecule has 1 unspecified atom stereocenters. The van der Waals surface area contributed by atoms with E-state index in [1.165, 1.54) is 26.1 Å². The maximum Gasteiger partial charge on any atom is 0.104 e. The van der Waals surface area contributed by atoms with Crippen LogP contribution in [0.25, 0.3) is 20.5 Å². The van der Waals surface area contributed by atoms with Gasteiger partial charge in [-0.2, -0.15) is 0 Å². The van der Waals surface area contributed by atoms with Crippen LogP contribution in [0.15, 0.2) is 48.5 Å². The molecule has 1 aliphatic rings. The van der Waals surface area contributed by atoms with Crippen LogP contribution in [-0.4, -0.2) is 47.3 Å². The van der Waals surface area contributed by atoms with Gasteiger partial charge in [0.05, 0.1) is 0 Å². The Hall–Kier alpha value is -1.43. The summed E-state index contributed by atoms with van der Waals surface area (Å²) in [5, 5.41) is 11.8. The van der Waals surface area contributed by atoms with E-state index in [0.717, 1.165) is 37.7 Å². The zero-order valence-corrected chi connectivity index (χ0v) is 16.4. The highest BCUT2D eigenvalue weighted by atomic mass is 35.5. The lowest BCUT2D eigenvalue weighted by molar-refractivity contribution is -0.0140. The molecule has 26 heavy (non-hydrogen) atoms. The van der Waals surface area contributed by atoms with Crippen LogP contribution in [0.1, 0.15) is 12.5 Å². The van der Waals surface area contributed by atoms with E-state index in [9.17, 15) is 5.11 Å². The molecule has 1 N–H and O–H groups in total. The Morgan fingerprint density at radius 1 is 1.08 bits per heavy atom. The molecule has 1 atom stereocenters. The summed E-state index contributed by atoms with van der Waals surface area (Å²) in [5.41, 5.74) is 2.63. The van der Waals surface area contributed by atoms with Crippen molar-refractivity contribution in [2.75, 3.05) is 26.2 Å². The Kier molecular flexibility index (Phi) is 5.30. The summed E-state index contributed by atoms with van der Waals surface area (Å²) in [4.78, 5) is 5.94.